The van der Waals surface area contributed by atoms with E-state index in [1.54, 1.807) is 0 Å². The van der Waals surface area contributed by atoms with Crippen LogP contribution in [-0.2, 0) is 10.3 Å². The van der Waals surface area contributed by atoms with Crippen LogP contribution in [0.5, 0.6) is 0 Å². The maximum absolute atomic E-state index is 12.4. The molecule has 1 atom stereocenters. The summed E-state index contributed by atoms with van der Waals surface area (Å²) < 4.78 is 37.2. The van der Waals surface area contributed by atoms with Gasteiger partial charge < -0.3 is 15.8 Å². The van der Waals surface area contributed by atoms with Gasteiger partial charge in [0.15, 0.2) is 0 Å². The highest BCUT2D eigenvalue weighted by atomic mass is 19.4. The third-order valence-corrected chi connectivity index (χ3v) is 1.81. The average Bonchev–Trinajstić information content (AvgIpc) is 2.52. The molecule has 0 unspecified atom stereocenters. The van der Waals surface area contributed by atoms with Gasteiger partial charge in [0.25, 0.3) is 5.54 Å². The van der Waals surface area contributed by atoms with Gasteiger partial charge in [0.1, 0.15) is 0 Å². The van der Waals surface area contributed by atoms with Crippen molar-refractivity contribution in [3.05, 3.63) is 24.0 Å². The monoisotopic (exact) mass is 208 g/mol. The number of carbonyl (C=O) groups is 1. The molecular formula is C7H7F3N2O2. The van der Waals surface area contributed by atoms with Crippen molar-refractivity contribution in [1.29, 1.82) is 0 Å². The molecular weight excluding hydrogens is 201 g/mol. The summed E-state index contributed by atoms with van der Waals surface area (Å²) in [5, 5.41) is 8.47. The number of carboxylic acids is 1. The molecule has 1 aromatic rings. The molecule has 0 bridgehead atoms. The van der Waals surface area contributed by atoms with Crippen LogP contribution in [0.4, 0.5) is 13.2 Å². The Kier molecular flexibility index (Phi) is 2.28. The Hall–Kier alpha value is -1.50. The summed E-state index contributed by atoms with van der Waals surface area (Å²) in [5.74, 6) is -2.15. The van der Waals surface area contributed by atoms with Crippen molar-refractivity contribution >= 4 is 5.97 Å². The van der Waals surface area contributed by atoms with E-state index in [0.29, 0.717) is 0 Å². The fourth-order valence-corrected chi connectivity index (χ4v) is 0.965. The van der Waals surface area contributed by atoms with Crippen molar-refractivity contribution in [2.24, 2.45) is 5.73 Å². The molecule has 7 heteroatoms. The van der Waals surface area contributed by atoms with Gasteiger partial charge in [-0.2, -0.15) is 13.2 Å². The molecule has 0 saturated carbocycles. The van der Waals surface area contributed by atoms with Crippen molar-refractivity contribution in [3.8, 4) is 0 Å². The molecule has 78 valence electrons. The number of hydrogen-bond acceptors (Lipinski definition) is 2. The maximum Gasteiger partial charge on any atom is 0.422 e. The lowest BCUT2D eigenvalue weighted by molar-refractivity contribution is -0.205. The molecule has 0 aliphatic heterocycles. The Labute approximate surface area is 76.5 Å². The number of carboxylic acid groups (broad SMARTS) is 1. The number of aromatic amines is 1. The fraction of sp³-hybridized carbons (Fsp3) is 0.286. The first-order valence-electron chi connectivity index (χ1n) is 3.53. The van der Waals surface area contributed by atoms with Gasteiger partial charge in [-0.3, -0.25) is 0 Å². The highest BCUT2D eigenvalue weighted by Gasteiger charge is 2.60. The average molecular weight is 208 g/mol. The van der Waals surface area contributed by atoms with E-state index in [2.05, 4.69) is 4.98 Å². The van der Waals surface area contributed by atoms with E-state index in [-0.39, 0.29) is 0 Å². The summed E-state index contributed by atoms with van der Waals surface area (Å²) in [7, 11) is 0. The van der Waals surface area contributed by atoms with Gasteiger partial charge in [0, 0.05) is 6.20 Å². The molecule has 1 rings (SSSR count). The van der Waals surface area contributed by atoms with Crippen LogP contribution >= 0.6 is 0 Å². The zero-order valence-corrected chi connectivity index (χ0v) is 6.80. The van der Waals surface area contributed by atoms with Crippen LogP contribution in [0.15, 0.2) is 18.3 Å². The number of rotatable bonds is 2. The lowest BCUT2D eigenvalue weighted by Gasteiger charge is -2.26. The number of halogens is 3. The lowest BCUT2D eigenvalue weighted by atomic mass is 9.96. The smallest absolute Gasteiger partial charge is 0.422 e. The summed E-state index contributed by atoms with van der Waals surface area (Å²) in [5.41, 5.74) is 0.850. The zero-order valence-electron chi connectivity index (χ0n) is 6.80. The Morgan fingerprint density at radius 1 is 1.50 bits per heavy atom. The molecule has 1 heterocycles. The molecule has 14 heavy (non-hydrogen) atoms. The molecule has 0 aliphatic rings. The van der Waals surface area contributed by atoms with Crippen LogP contribution in [-0.4, -0.2) is 22.2 Å². The van der Waals surface area contributed by atoms with Gasteiger partial charge in [0.2, 0.25) is 0 Å². The van der Waals surface area contributed by atoms with Crippen LogP contribution < -0.4 is 5.73 Å². The van der Waals surface area contributed by atoms with E-state index in [0.717, 1.165) is 6.07 Å². The standard InChI is InChI=1S/C7H7F3N2O2/c8-7(9,10)6(11,5(13)14)4-2-1-3-12-4/h1-3,12H,11H2,(H,13,14)/t6-/m0/s1. The number of hydrogen-bond donors (Lipinski definition) is 3. The van der Waals surface area contributed by atoms with Gasteiger partial charge in [-0.25, -0.2) is 4.79 Å². The molecule has 0 radical (unpaired) electrons. The quantitative estimate of drug-likeness (QED) is 0.673. The lowest BCUT2D eigenvalue weighted by Crippen LogP contribution is -2.56. The number of aromatic nitrogens is 1. The number of aliphatic carboxylic acids is 1. The highest BCUT2D eigenvalue weighted by molar-refractivity contribution is 5.81. The molecule has 0 aromatic carbocycles. The summed E-state index contributed by atoms with van der Waals surface area (Å²) >= 11 is 0. The molecule has 0 saturated heterocycles. The summed E-state index contributed by atoms with van der Waals surface area (Å²) in [6, 6.07) is 2.22. The molecule has 0 spiro atoms. The van der Waals surface area contributed by atoms with Crippen molar-refractivity contribution < 1.29 is 23.1 Å². The third-order valence-electron chi connectivity index (χ3n) is 1.81. The summed E-state index contributed by atoms with van der Waals surface area (Å²) in [4.78, 5) is 12.6. The Bertz CT molecular complexity index is 333. The van der Waals surface area contributed by atoms with Crippen molar-refractivity contribution in [2.45, 2.75) is 11.7 Å². The minimum Gasteiger partial charge on any atom is -0.479 e. The van der Waals surface area contributed by atoms with Crippen LogP contribution in [0, 0.1) is 0 Å². The zero-order chi connectivity index (χ0) is 11.0. The second kappa shape index (κ2) is 3.02. The van der Waals surface area contributed by atoms with Gasteiger partial charge in [-0.1, -0.05) is 0 Å². The number of H-pyrrole nitrogens is 1. The van der Waals surface area contributed by atoms with Gasteiger partial charge in [0.05, 0.1) is 5.69 Å². The minimum atomic E-state index is -5.05. The Morgan fingerprint density at radius 3 is 2.36 bits per heavy atom. The van der Waals surface area contributed by atoms with E-state index in [4.69, 9.17) is 10.8 Å². The molecule has 1 aromatic heterocycles. The van der Waals surface area contributed by atoms with Crippen LogP contribution in [0.1, 0.15) is 5.69 Å². The number of nitrogens with two attached hydrogens (primary N) is 1. The summed E-state index contributed by atoms with van der Waals surface area (Å²) in [6.45, 7) is 0. The molecule has 4 N–H and O–H groups in total. The van der Waals surface area contributed by atoms with Crippen molar-refractivity contribution in [1.82, 2.24) is 4.98 Å². The van der Waals surface area contributed by atoms with E-state index >= 15 is 0 Å². The van der Waals surface area contributed by atoms with Crippen molar-refractivity contribution in [2.75, 3.05) is 0 Å². The van der Waals surface area contributed by atoms with E-state index < -0.39 is 23.4 Å². The predicted molar refractivity (Wildman–Crippen MR) is 40.3 cm³/mol. The van der Waals surface area contributed by atoms with Crippen LogP contribution in [0.2, 0.25) is 0 Å². The minimum absolute atomic E-state index is 0.600. The maximum atomic E-state index is 12.4. The topological polar surface area (TPSA) is 79.1 Å². The molecule has 0 fully saturated rings. The van der Waals surface area contributed by atoms with E-state index in [1.807, 2.05) is 0 Å². The van der Waals surface area contributed by atoms with Crippen molar-refractivity contribution in [3.63, 3.8) is 0 Å². The second-order valence-electron chi connectivity index (χ2n) is 2.69. The van der Waals surface area contributed by atoms with Gasteiger partial charge in [-0.05, 0) is 12.1 Å². The first-order valence-corrected chi connectivity index (χ1v) is 3.53. The second-order valence-corrected chi connectivity index (χ2v) is 2.69. The first-order chi connectivity index (χ1) is 6.30. The largest absolute Gasteiger partial charge is 0.479 e. The van der Waals surface area contributed by atoms with Gasteiger partial charge in [-0.15, -0.1) is 0 Å². The SMILES string of the molecule is N[C@](C(=O)O)(c1ccc[nH]1)C(F)(F)F. The number of alkyl halides is 3. The van der Waals surface area contributed by atoms with E-state index in [1.165, 1.54) is 12.3 Å². The molecule has 4 nitrogen and oxygen atoms in total. The normalized spacial score (nSPS) is 16.3. The predicted octanol–water partition coefficient (Wildman–Crippen LogP) is 0.816. The number of nitrogens with one attached hydrogen (secondary N) is 1. The summed E-state index contributed by atoms with van der Waals surface area (Å²) in [6.07, 6.45) is -3.88. The van der Waals surface area contributed by atoms with E-state index in [9.17, 15) is 18.0 Å². The molecule has 0 amide bonds. The first kappa shape index (κ1) is 10.6. The van der Waals surface area contributed by atoms with Crippen LogP contribution in [0.3, 0.4) is 0 Å². The Morgan fingerprint density at radius 2 is 2.07 bits per heavy atom. The fourth-order valence-electron chi connectivity index (χ4n) is 0.965. The Balaban J connectivity index is 3.27. The van der Waals surface area contributed by atoms with Crippen LogP contribution in [0.25, 0.3) is 0 Å². The highest BCUT2D eigenvalue weighted by Crippen LogP contribution is 2.36. The van der Waals surface area contributed by atoms with Gasteiger partial charge >= 0.3 is 12.1 Å². The third kappa shape index (κ3) is 1.35. The molecule has 0 aliphatic carbocycles.